The molecule has 1 aliphatic heterocycles. The highest BCUT2D eigenvalue weighted by molar-refractivity contribution is 6.74. The summed E-state index contributed by atoms with van der Waals surface area (Å²) in [6.45, 7) is 15.2. The molecule has 1 saturated heterocycles. The summed E-state index contributed by atoms with van der Waals surface area (Å²) in [5.74, 6) is 0.917. The average Bonchev–Trinajstić information content (AvgIpc) is 2.71. The van der Waals surface area contributed by atoms with E-state index in [4.69, 9.17) is 9.16 Å². The van der Waals surface area contributed by atoms with Gasteiger partial charge in [0.25, 0.3) is 0 Å². The van der Waals surface area contributed by atoms with E-state index >= 15 is 0 Å². The zero-order valence-corrected chi connectivity index (χ0v) is 13.6. The first-order valence-electron chi connectivity index (χ1n) is 6.88. The SMILES string of the molecule is C=C(O[Si](C)(C)C(C)(C)C)C1=C[C@@H]2CC(=O)O[C@@H]2C1. The minimum absolute atomic E-state index is 0.0160. The molecule has 0 aromatic carbocycles. The zero-order chi connectivity index (χ0) is 14.4. The van der Waals surface area contributed by atoms with Crippen molar-refractivity contribution in [3.05, 3.63) is 24.0 Å². The maximum Gasteiger partial charge on any atom is 0.306 e. The summed E-state index contributed by atoms with van der Waals surface area (Å²) < 4.78 is 11.5. The van der Waals surface area contributed by atoms with Gasteiger partial charge < -0.3 is 9.16 Å². The molecule has 0 aromatic rings. The quantitative estimate of drug-likeness (QED) is 0.448. The van der Waals surface area contributed by atoms with E-state index in [1.54, 1.807) is 0 Å². The molecule has 0 radical (unpaired) electrons. The van der Waals surface area contributed by atoms with E-state index < -0.39 is 8.32 Å². The third kappa shape index (κ3) is 2.78. The lowest BCUT2D eigenvalue weighted by atomic mass is 10.1. The second-order valence-electron chi connectivity index (χ2n) is 7.08. The minimum atomic E-state index is -1.83. The van der Waals surface area contributed by atoms with Gasteiger partial charge in [-0.1, -0.05) is 33.4 Å². The molecule has 0 bridgehead atoms. The van der Waals surface area contributed by atoms with Crippen LogP contribution >= 0.6 is 0 Å². The standard InChI is InChI=1S/C15H24O3Si/c1-10(18-19(5,6)15(2,3)4)11-7-12-9-14(16)17-13(12)8-11/h7,12-13H,1,8-9H2,2-6H3/t12-,13-/m1/s1. The van der Waals surface area contributed by atoms with Crippen molar-refractivity contribution < 1.29 is 14.0 Å². The van der Waals surface area contributed by atoms with Crippen molar-refractivity contribution in [3.8, 4) is 0 Å². The molecule has 1 aliphatic carbocycles. The van der Waals surface area contributed by atoms with E-state index in [1.807, 2.05) is 0 Å². The number of carbonyl (C=O) groups is 1. The monoisotopic (exact) mass is 280 g/mol. The molecule has 1 fully saturated rings. The van der Waals surface area contributed by atoms with E-state index in [-0.39, 0.29) is 23.0 Å². The Bertz CT molecular complexity index is 443. The third-order valence-corrected chi connectivity index (χ3v) is 8.91. The Hall–Kier alpha value is -1.03. The Balaban J connectivity index is 2.03. The van der Waals surface area contributed by atoms with Crippen LogP contribution in [0.2, 0.25) is 18.1 Å². The predicted octanol–water partition coefficient (Wildman–Crippen LogP) is 3.78. The Morgan fingerprint density at radius 2 is 2.05 bits per heavy atom. The zero-order valence-electron chi connectivity index (χ0n) is 12.6. The van der Waals surface area contributed by atoms with Crippen LogP contribution < -0.4 is 0 Å². The number of fused-ring (bicyclic) bond motifs is 1. The summed E-state index contributed by atoms with van der Waals surface area (Å²) >= 11 is 0. The second-order valence-corrected chi connectivity index (χ2v) is 11.8. The Morgan fingerprint density at radius 1 is 1.42 bits per heavy atom. The molecule has 1 heterocycles. The van der Waals surface area contributed by atoms with Crippen LogP contribution in [0, 0.1) is 5.92 Å². The third-order valence-electron chi connectivity index (χ3n) is 4.54. The van der Waals surface area contributed by atoms with Gasteiger partial charge in [-0.3, -0.25) is 4.79 Å². The van der Waals surface area contributed by atoms with Crippen LogP contribution in [0.25, 0.3) is 0 Å². The van der Waals surface area contributed by atoms with Gasteiger partial charge >= 0.3 is 5.97 Å². The first-order chi connectivity index (χ1) is 8.60. The summed E-state index contributed by atoms with van der Waals surface area (Å²) in [6, 6.07) is 0. The summed E-state index contributed by atoms with van der Waals surface area (Å²) in [4.78, 5) is 11.2. The van der Waals surface area contributed by atoms with Crippen molar-refractivity contribution in [1.82, 2.24) is 0 Å². The van der Waals surface area contributed by atoms with Crippen molar-refractivity contribution in [1.29, 1.82) is 0 Å². The van der Waals surface area contributed by atoms with Crippen molar-refractivity contribution in [2.24, 2.45) is 5.92 Å². The van der Waals surface area contributed by atoms with Gasteiger partial charge in [0.15, 0.2) is 0 Å². The van der Waals surface area contributed by atoms with Gasteiger partial charge in [0.1, 0.15) is 6.10 Å². The first kappa shape index (κ1) is 14.4. The van der Waals surface area contributed by atoms with E-state index in [2.05, 4.69) is 46.5 Å². The van der Waals surface area contributed by atoms with Gasteiger partial charge in [-0.25, -0.2) is 0 Å². The van der Waals surface area contributed by atoms with Gasteiger partial charge in [0, 0.05) is 12.3 Å². The molecule has 0 aromatic heterocycles. The lowest BCUT2D eigenvalue weighted by molar-refractivity contribution is -0.141. The van der Waals surface area contributed by atoms with Gasteiger partial charge in [0.2, 0.25) is 8.32 Å². The summed E-state index contributed by atoms with van der Waals surface area (Å²) in [5, 5.41) is 0.164. The number of allylic oxidation sites excluding steroid dienone is 1. The lowest BCUT2D eigenvalue weighted by Crippen LogP contribution is -2.40. The van der Waals surface area contributed by atoms with Crippen LogP contribution in [-0.2, 0) is 14.0 Å². The van der Waals surface area contributed by atoms with Crippen molar-refractivity contribution in [3.63, 3.8) is 0 Å². The molecule has 0 N–H and O–H groups in total. The van der Waals surface area contributed by atoms with Crippen LogP contribution in [-0.4, -0.2) is 20.4 Å². The molecule has 19 heavy (non-hydrogen) atoms. The first-order valence-corrected chi connectivity index (χ1v) is 9.79. The molecular formula is C15H24O3Si. The van der Waals surface area contributed by atoms with Crippen molar-refractivity contribution in [2.75, 3.05) is 0 Å². The fourth-order valence-electron chi connectivity index (χ4n) is 2.26. The lowest BCUT2D eigenvalue weighted by Gasteiger charge is -2.37. The molecular weight excluding hydrogens is 256 g/mol. The molecule has 106 valence electrons. The van der Waals surface area contributed by atoms with Crippen molar-refractivity contribution in [2.45, 2.75) is 57.8 Å². The van der Waals surface area contributed by atoms with Crippen LogP contribution in [0.5, 0.6) is 0 Å². The number of esters is 1. The van der Waals surface area contributed by atoms with Gasteiger partial charge in [-0.15, -0.1) is 0 Å². The molecule has 2 rings (SSSR count). The molecule has 3 nitrogen and oxygen atoms in total. The summed E-state index contributed by atoms with van der Waals surface area (Å²) in [7, 11) is -1.83. The number of carbonyl (C=O) groups excluding carboxylic acids is 1. The maximum atomic E-state index is 11.2. The molecule has 0 saturated carbocycles. The Kier molecular flexibility index (Phi) is 3.41. The van der Waals surface area contributed by atoms with E-state index in [0.29, 0.717) is 6.42 Å². The van der Waals surface area contributed by atoms with Crippen LogP contribution in [0.15, 0.2) is 24.0 Å². The largest absolute Gasteiger partial charge is 0.544 e. The van der Waals surface area contributed by atoms with Crippen LogP contribution in [0.1, 0.15) is 33.6 Å². The molecule has 2 aliphatic rings. The number of rotatable bonds is 3. The molecule has 0 amide bonds. The van der Waals surface area contributed by atoms with E-state index in [9.17, 15) is 4.79 Å². The van der Waals surface area contributed by atoms with E-state index in [1.165, 1.54) is 0 Å². The smallest absolute Gasteiger partial charge is 0.306 e. The summed E-state index contributed by atoms with van der Waals surface area (Å²) in [5.41, 5.74) is 1.12. The Morgan fingerprint density at radius 3 is 2.58 bits per heavy atom. The predicted molar refractivity (Wildman–Crippen MR) is 78.1 cm³/mol. The Labute approximate surface area is 116 Å². The highest BCUT2D eigenvalue weighted by Crippen LogP contribution is 2.42. The van der Waals surface area contributed by atoms with Gasteiger partial charge in [-0.2, -0.15) is 0 Å². The minimum Gasteiger partial charge on any atom is -0.544 e. The average molecular weight is 280 g/mol. The second kappa shape index (κ2) is 4.51. The molecule has 4 heteroatoms. The van der Waals surface area contributed by atoms with Gasteiger partial charge in [-0.05, 0) is 23.7 Å². The maximum absolute atomic E-state index is 11.2. The fourth-order valence-corrected chi connectivity index (χ4v) is 3.32. The fraction of sp³-hybridized carbons (Fsp3) is 0.667. The normalized spacial score (nSPS) is 26.8. The highest BCUT2D eigenvalue weighted by atomic mass is 28.4. The molecule has 0 spiro atoms. The number of hydrogen-bond acceptors (Lipinski definition) is 3. The number of hydrogen-bond donors (Lipinski definition) is 0. The highest BCUT2D eigenvalue weighted by Gasteiger charge is 2.42. The van der Waals surface area contributed by atoms with Crippen LogP contribution in [0.3, 0.4) is 0 Å². The molecule has 2 atom stereocenters. The number of ether oxygens (including phenoxy) is 1. The summed E-state index contributed by atoms with van der Waals surface area (Å²) in [6.07, 6.45) is 3.39. The topological polar surface area (TPSA) is 35.5 Å². The molecule has 0 unspecified atom stereocenters. The van der Waals surface area contributed by atoms with Gasteiger partial charge in [0.05, 0.1) is 12.2 Å². The van der Waals surface area contributed by atoms with E-state index in [0.717, 1.165) is 17.8 Å². The van der Waals surface area contributed by atoms with Crippen molar-refractivity contribution >= 4 is 14.3 Å². The van der Waals surface area contributed by atoms with Crippen LogP contribution in [0.4, 0.5) is 0 Å².